The van der Waals surface area contributed by atoms with Gasteiger partial charge < -0.3 is 5.32 Å². The van der Waals surface area contributed by atoms with E-state index in [0.717, 1.165) is 15.9 Å². The van der Waals surface area contributed by atoms with Crippen LogP contribution in [0.4, 0.5) is 0 Å². The van der Waals surface area contributed by atoms with Crippen molar-refractivity contribution in [2.24, 2.45) is 0 Å². The quantitative estimate of drug-likeness (QED) is 0.946. The number of hydrogen-bond donors (Lipinski definition) is 1. The molecule has 0 saturated carbocycles. The molecule has 0 spiro atoms. The summed E-state index contributed by atoms with van der Waals surface area (Å²) in [6.07, 6.45) is 5.47. The van der Waals surface area contributed by atoms with Crippen LogP contribution in [0.3, 0.4) is 0 Å². The van der Waals surface area contributed by atoms with Gasteiger partial charge in [0, 0.05) is 28.0 Å². The van der Waals surface area contributed by atoms with Crippen LogP contribution in [0.15, 0.2) is 29.1 Å². The van der Waals surface area contributed by atoms with E-state index in [1.165, 1.54) is 5.56 Å². The molecule has 1 atom stereocenters. The van der Waals surface area contributed by atoms with Gasteiger partial charge in [-0.1, -0.05) is 0 Å². The maximum Gasteiger partial charge on any atom is 0.0843 e. The lowest BCUT2D eigenvalue weighted by Crippen LogP contribution is -2.13. The van der Waals surface area contributed by atoms with Crippen LogP contribution >= 0.6 is 15.9 Å². The third-order valence-electron chi connectivity index (χ3n) is 2.88. The molecule has 2 aromatic heterocycles. The maximum absolute atomic E-state index is 4.41. The molecule has 0 bridgehead atoms. The molecule has 0 amide bonds. The van der Waals surface area contributed by atoms with Crippen molar-refractivity contribution < 1.29 is 0 Å². The van der Waals surface area contributed by atoms with Crippen LogP contribution in [-0.4, -0.2) is 21.8 Å². The predicted molar refractivity (Wildman–Crippen MR) is 71.3 cm³/mol. The van der Waals surface area contributed by atoms with Crippen LogP contribution in [0.1, 0.15) is 24.2 Å². The van der Waals surface area contributed by atoms with Gasteiger partial charge in [-0.25, -0.2) is 4.68 Å². The lowest BCUT2D eigenvalue weighted by molar-refractivity contribution is 0.647. The van der Waals surface area contributed by atoms with Crippen LogP contribution < -0.4 is 5.32 Å². The van der Waals surface area contributed by atoms with E-state index in [9.17, 15) is 0 Å². The molecule has 0 aromatic carbocycles. The summed E-state index contributed by atoms with van der Waals surface area (Å²) in [4.78, 5) is 4.15. The normalized spacial score (nSPS) is 12.7. The summed E-state index contributed by atoms with van der Waals surface area (Å²) in [5.74, 6) is 0. The Labute approximate surface area is 109 Å². The van der Waals surface area contributed by atoms with Gasteiger partial charge in [-0.3, -0.25) is 4.98 Å². The molecule has 1 N–H and O–H groups in total. The lowest BCUT2D eigenvalue weighted by Gasteiger charge is -2.10. The molecule has 90 valence electrons. The standard InChI is InChI=1S/C12H15BrN4/c1-8(14-3)12-7-16-17(9(12)2)11-4-10(13)5-15-6-11/h4-8,14H,1-3H3. The third kappa shape index (κ3) is 2.40. The number of aromatic nitrogens is 3. The van der Waals surface area contributed by atoms with E-state index in [-0.39, 0.29) is 0 Å². The lowest BCUT2D eigenvalue weighted by atomic mass is 10.1. The van der Waals surface area contributed by atoms with Crippen LogP contribution in [0.25, 0.3) is 5.69 Å². The number of nitrogens with one attached hydrogen (secondary N) is 1. The average molecular weight is 295 g/mol. The van der Waals surface area contributed by atoms with Gasteiger partial charge in [0.15, 0.2) is 0 Å². The van der Waals surface area contributed by atoms with Crippen molar-refractivity contribution in [3.05, 3.63) is 40.4 Å². The Bertz CT molecular complexity index is 521. The molecular weight excluding hydrogens is 280 g/mol. The first-order valence-corrected chi connectivity index (χ1v) is 6.25. The van der Waals surface area contributed by atoms with E-state index in [1.807, 2.05) is 24.0 Å². The van der Waals surface area contributed by atoms with Crippen molar-refractivity contribution in [2.75, 3.05) is 7.05 Å². The Hall–Kier alpha value is -1.20. The first kappa shape index (κ1) is 12.3. The number of pyridine rings is 1. The molecule has 2 rings (SSSR count). The summed E-state index contributed by atoms with van der Waals surface area (Å²) in [5, 5.41) is 7.63. The van der Waals surface area contributed by atoms with Crippen molar-refractivity contribution in [1.82, 2.24) is 20.1 Å². The van der Waals surface area contributed by atoms with Gasteiger partial charge in [-0.05, 0) is 42.9 Å². The molecule has 0 aliphatic carbocycles. The van der Waals surface area contributed by atoms with Gasteiger partial charge in [-0.2, -0.15) is 5.10 Å². The highest BCUT2D eigenvalue weighted by Gasteiger charge is 2.12. The Kier molecular flexibility index (Phi) is 3.59. The number of nitrogens with zero attached hydrogens (tertiary/aromatic N) is 3. The van der Waals surface area contributed by atoms with Crippen LogP contribution in [0.2, 0.25) is 0 Å². The second kappa shape index (κ2) is 4.98. The maximum atomic E-state index is 4.41. The van der Waals surface area contributed by atoms with Gasteiger partial charge in [0.25, 0.3) is 0 Å². The summed E-state index contributed by atoms with van der Waals surface area (Å²) in [7, 11) is 1.95. The molecule has 0 aliphatic heterocycles. The minimum atomic E-state index is 0.295. The fraction of sp³-hybridized carbons (Fsp3) is 0.333. The molecule has 17 heavy (non-hydrogen) atoms. The SMILES string of the molecule is CNC(C)c1cnn(-c2cncc(Br)c2)c1C. The first-order valence-electron chi connectivity index (χ1n) is 5.46. The van der Waals surface area contributed by atoms with Gasteiger partial charge >= 0.3 is 0 Å². The van der Waals surface area contributed by atoms with Crippen molar-refractivity contribution >= 4 is 15.9 Å². The van der Waals surface area contributed by atoms with E-state index in [2.05, 4.69) is 45.2 Å². The van der Waals surface area contributed by atoms with Crippen LogP contribution in [0, 0.1) is 6.92 Å². The van der Waals surface area contributed by atoms with Gasteiger partial charge in [0.1, 0.15) is 0 Å². The second-order valence-corrected chi connectivity index (χ2v) is 4.88. The van der Waals surface area contributed by atoms with E-state index in [4.69, 9.17) is 0 Å². The summed E-state index contributed by atoms with van der Waals surface area (Å²) in [6, 6.07) is 2.30. The van der Waals surface area contributed by atoms with Crippen molar-refractivity contribution in [1.29, 1.82) is 0 Å². The topological polar surface area (TPSA) is 42.7 Å². The summed E-state index contributed by atoms with van der Waals surface area (Å²) >= 11 is 3.42. The minimum Gasteiger partial charge on any atom is -0.313 e. The number of hydrogen-bond acceptors (Lipinski definition) is 3. The zero-order valence-electron chi connectivity index (χ0n) is 10.1. The Morgan fingerprint density at radius 1 is 1.35 bits per heavy atom. The third-order valence-corrected chi connectivity index (χ3v) is 3.32. The average Bonchev–Trinajstić information content (AvgIpc) is 2.70. The Morgan fingerprint density at radius 2 is 2.12 bits per heavy atom. The Morgan fingerprint density at radius 3 is 2.76 bits per heavy atom. The van der Waals surface area contributed by atoms with Gasteiger partial charge in [0.05, 0.1) is 18.1 Å². The molecule has 0 fully saturated rings. The zero-order chi connectivity index (χ0) is 12.4. The highest BCUT2D eigenvalue weighted by Crippen LogP contribution is 2.20. The fourth-order valence-corrected chi connectivity index (χ4v) is 2.13. The molecule has 0 aliphatic rings. The van der Waals surface area contributed by atoms with Crippen molar-refractivity contribution in [3.8, 4) is 5.69 Å². The van der Waals surface area contributed by atoms with Crippen molar-refractivity contribution in [2.45, 2.75) is 19.9 Å². The first-order chi connectivity index (χ1) is 8.13. The van der Waals surface area contributed by atoms with Gasteiger partial charge in [0.2, 0.25) is 0 Å². The number of rotatable bonds is 3. The molecule has 0 radical (unpaired) electrons. The van der Waals surface area contributed by atoms with E-state index >= 15 is 0 Å². The highest BCUT2D eigenvalue weighted by atomic mass is 79.9. The summed E-state index contributed by atoms with van der Waals surface area (Å²) in [5.41, 5.74) is 3.30. The van der Waals surface area contributed by atoms with Crippen LogP contribution in [0.5, 0.6) is 0 Å². The monoisotopic (exact) mass is 294 g/mol. The van der Waals surface area contributed by atoms with E-state index in [1.54, 1.807) is 12.4 Å². The van der Waals surface area contributed by atoms with E-state index in [0.29, 0.717) is 6.04 Å². The molecule has 5 heteroatoms. The second-order valence-electron chi connectivity index (χ2n) is 3.97. The highest BCUT2D eigenvalue weighted by molar-refractivity contribution is 9.10. The molecule has 2 heterocycles. The van der Waals surface area contributed by atoms with Crippen LogP contribution in [-0.2, 0) is 0 Å². The molecule has 1 unspecified atom stereocenters. The smallest absolute Gasteiger partial charge is 0.0843 e. The molecule has 0 saturated heterocycles. The minimum absolute atomic E-state index is 0.295. The van der Waals surface area contributed by atoms with Gasteiger partial charge in [-0.15, -0.1) is 0 Å². The van der Waals surface area contributed by atoms with E-state index < -0.39 is 0 Å². The summed E-state index contributed by atoms with van der Waals surface area (Å²) < 4.78 is 2.86. The Balaban J connectivity index is 2.44. The zero-order valence-corrected chi connectivity index (χ0v) is 11.7. The molecule has 2 aromatic rings. The summed E-state index contributed by atoms with van der Waals surface area (Å²) in [6.45, 7) is 4.19. The molecular formula is C12H15BrN4. The molecule has 4 nitrogen and oxygen atoms in total. The number of halogens is 1. The van der Waals surface area contributed by atoms with Crippen molar-refractivity contribution in [3.63, 3.8) is 0 Å². The largest absolute Gasteiger partial charge is 0.313 e. The fourth-order valence-electron chi connectivity index (χ4n) is 1.78. The predicted octanol–water partition coefficient (Wildman–Crippen LogP) is 2.62.